The molecule has 3 aromatic rings. The molecule has 1 aromatic heterocycles. The molecule has 3 rings (SSSR count). The largest absolute Gasteiger partial charge is 0.496 e. The fraction of sp³-hybridized carbons (Fsp3) is 0.125. The molecule has 2 N–H and O–H groups in total. The standard InChI is InChI=1S/C16H15NOS.ClH/c1-18-13-9-8-11-5-2-3-6-12(11)15(13)16(17)14-7-4-10-19-14;/h2-10,16H,17H2,1H3;1H/t16-;/m0./s1. The summed E-state index contributed by atoms with van der Waals surface area (Å²) in [5.74, 6) is 0.847. The Morgan fingerprint density at radius 2 is 1.85 bits per heavy atom. The zero-order valence-electron chi connectivity index (χ0n) is 11.1. The summed E-state index contributed by atoms with van der Waals surface area (Å²) in [6, 6.07) is 16.3. The Bertz CT molecular complexity index is 697. The van der Waals surface area contributed by atoms with Crippen molar-refractivity contribution >= 4 is 34.5 Å². The van der Waals surface area contributed by atoms with Gasteiger partial charge >= 0.3 is 0 Å². The molecule has 0 amide bonds. The van der Waals surface area contributed by atoms with Gasteiger partial charge in [-0.25, -0.2) is 0 Å². The first kappa shape index (κ1) is 14.9. The van der Waals surface area contributed by atoms with Gasteiger partial charge in [-0.2, -0.15) is 0 Å². The lowest BCUT2D eigenvalue weighted by Crippen LogP contribution is -2.12. The van der Waals surface area contributed by atoms with Crippen molar-refractivity contribution in [2.24, 2.45) is 5.73 Å². The van der Waals surface area contributed by atoms with E-state index in [1.807, 2.05) is 29.6 Å². The van der Waals surface area contributed by atoms with Crippen LogP contribution in [0, 0.1) is 0 Å². The van der Waals surface area contributed by atoms with E-state index in [4.69, 9.17) is 10.5 Å². The number of fused-ring (bicyclic) bond motifs is 1. The van der Waals surface area contributed by atoms with Gasteiger partial charge in [-0.3, -0.25) is 0 Å². The van der Waals surface area contributed by atoms with Gasteiger partial charge in [0.1, 0.15) is 5.75 Å². The summed E-state index contributed by atoms with van der Waals surface area (Å²) in [7, 11) is 1.69. The van der Waals surface area contributed by atoms with Crippen LogP contribution in [-0.4, -0.2) is 7.11 Å². The quantitative estimate of drug-likeness (QED) is 0.779. The van der Waals surface area contributed by atoms with Crippen LogP contribution in [0.1, 0.15) is 16.5 Å². The number of rotatable bonds is 3. The molecule has 2 nitrogen and oxygen atoms in total. The highest BCUT2D eigenvalue weighted by Crippen LogP contribution is 2.36. The highest BCUT2D eigenvalue weighted by molar-refractivity contribution is 7.10. The molecule has 0 saturated carbocycles. The van der Waals surface area contributed by atoms with E-state index < -0.39 is 0 Å². The summed E-state index contributed by atoms with van der Waals surface area (Å²) in [6.45, 7) is 0. The number of hydrogen-bond donors (Lipinski definition) is 1. The highest BCUT2D eigenvalue weighted by atomic mass is 35.5. The molecule has 2 aromatic carbocycles. The first-order chi connectivity index (χ1) is 9.31. The van der Waals surface area contributed by atoms with E-state index in [9.17, 15) is 0 Å². The van der Waals surface area contributed by atoms with Crippen molar-refractivity contribution in [1.82, 2.24) is 0 Å². The molecule has 0 saturated heterocycles. The predicted molar refractivity (Wildman–Crippen MR) is 88.1 cm³/mol. The van der Waals surface area contributed by atoms with Gasteiger partial charge in [-0.15, -0.1) is 23.7 Å². The fourth-order valence-electron chi connectivity index (χ4n) is 2.38. The Kier molecular flexibility index (Phi) is 4.65. The van der Waals surface area contributed by atoms with Crippen molar-refractivity contribution in [3.05, 3.63) is 64.4 Å². The third kappa shape index (κ3) is 2.52. The number of methoxy groups -OCH3 is 1. The van der Waals surface area contributed by atoms with Gasteiger partial charge in [0.2, 0.25) is 0 Å². The van der Waals surface area contributed by atoms with Gasteiger partial charge in [0, 0.05) is 10.4 Å². The molecule has 0 aliphatic heterocycles. The number of nitrogens with two attached hydrogens (primary N) is 1. The second-order valence-electron chi connectivity index (χ2n) is 4.40. The summed E-state index contributed by atoms with van der Waals surface area (Å²) in [5, 5.41) is 4.39. The minimum Gasteiger partial charge on any atom is -0.496 e. The maximum Gasteiger partial charge on any atom is 0.124 e. The van der Waals surface area contributed by atoms with E-state index >= 15 is 0 Å². The number of halogens is 1. The van der Waals surface area contributed by atoms with Crippen LogP contribution in [0.15, 0.2) is 53.9 Å². The molecule has 0 aliphatic rings. The smallest absolute Gasteiger partial charge is 0.124 e. The minimum absolute atomic E-state index is 0. The maximum atomic E-state index is 6.43. The molecule has 104 valence electrons. The zero-order chi connectivity index (χ0) is 13.2. The lowest BCUT2D eigenvalue weighted by atomic mass is 9.97. The van der Waals surface area contributed by atoms with E-state index in [0.29, 0.717) is 0 Å². The van der Waals surface area contributed by atoms with Gasteiger partial charge in [-0.1, -0.05) is 36.4 Å². The Balaban J connectivity index is 0.00000147. The first-order valence-electron chi connectivity index (χ1n) is 6.16. The lowest BCUT2D eigenvalue weighted by molar-refractivity contribution is 0.409. The van der Waals surface area contributed by atoms with Crippen LogP contribution in [-0.2, 0) is 0 Å². The monoisotopic (exact) mass is 305 g/mol. The minimum atomic E-state index is -0.152. The van der Waals surface area contributed by atoms with Gasteiger partial charge in [0.15, 0.2) is 0 Å². The number of ether oxygens (including phenoxy) is 1. The third-order valence-electron chi connectivity index (χ3n) is 3.31. The van der Waals surface area contributed by atoms with Gasteiger partial charge < -0.3 is 10.5 Å². The van der Waals surface area contributed by atoms with Crippen LogP contribution in [0.3, 0.4) is 0 Å². The Morgan fingerprint density at radius 1 is 1.05 bits per heavy atom. The molecule has 20 heavy (non-hydrogen) atoms. The molecule has 0 fully saturated rings. The van der Waals surface area contributed by atoms with E-state index in [0.717, 1.165) is 21.6 Å². The molecular formula is C16H16ClNOS. The average molecular weight is 306 g/mol. The van der Waals surface area contributed by atoms with Gasteiger partial charge in [-0.05, 0) is 28.3 Å². The van der Waals surface area contributed by atoms with E-state index in [1.54, 1.807) is 18.4 Å². The normalized spacial score (nSPS) is 11.9. The zero-order valence-corrected chi connectivity index (χ0v) is 12.7. The fourth-order valence-corrected chi connectivity index (χ4v) is 3.12. The van der Waals surface area contributed by atoms with Crippen LogP contribution in [0.25, 0.3) is 10.8 Å². The second kappa shape index (κ2) is 6.27. The number of benzene rings is 2. The van der Waals surface area contributed by atoms with Crippen LogP contribution >= 0.6 is 23.7 Å². The molecule has 0 spiro atoms. The lowest BCUT2D eigenvalue weighted by Gasteiger charge is -2.17. The van der Waals surface area contributed by atoms with E-state index in [1.165, 1.54) is 5.39 Å². The summed E-state index contributed by atoms with van der Waals surface area (Å²) in [5.41, 5.74) is 7.49. The van der Waals surface area contributed by atoms with Crippen LogP contribution < -0.4 is 10.5 Å². The first-order valence-corrected chi connectivity index (χ1v) is 7.04. The van der Waals surface area contributed by atoms with E-state index in [2.05, 4.69) is 24.3 Å². The Hall–Kier alpha value is -1.55. The summed E-state index contributed by atoms with van der Waals surface area (Å²) >= 11 is 1.67. The summed E-state index contributed by atoms with van der Waals surface area (Å²) in [4.78, 5) is 1.15. The highest BCUT2D eigenvalue weighted by Gasteiger charge is 2.17. The van der Waals surface area contributed by atoms with Crippen molar-refractivity contribution in [2.45, 2.75) is 6.04 Å². The van der Waals surface area contributed by atoms with Crippen molar-refractivity contribution in [3.63, 3.8) is 0 Å². The molecule has 0 aliphatic carbocycles. The van der Waals surface area contributed by atoms with Crippen molar-refractivity contribution in [2.75, 3.05) is 7.11 Å². The summed E-state index contributed by atoms with van der Waals surface area (Å²) < 4.78 is 5.50. The van der Waals surface area contributed by atoms with E-state index in [-0.39, 0.29) is 18.4 Å². The topological polar surface area (TPSA) is 35.2 Å². The van der Waals surface area contributed by atoms with Crippen molar-refractivity contribution in [1.29, 1.82) is 0 Å². The molecule has 4 heteroatoms. The molecule has 0 unspecified atom stereocenters. The number of thiophene rings is 1. The van der Waals surface area contributed by atoms with Crippen LogP contribution in [0.2, 0.25) is 0 Å². The van der Waals surface area contributed by atoms with Gasteiger partial charge in [0.25, 0.3) is 0 Å². The molecule has 0 radical (unpaired) electrons. The Labute approximate surface area is 128 Å². The maximum absolute atomic E-state index is 6.43. The van der Waals surface area contributed by atoms with Gasteiger partial charge in [0.05, 0.1) is 13.2 Å². The molecule has 1 atom stereocenters. The molecule has 1 heterocycles. The third-order valence-corrected chi connectivity index (χ3v) is 4.27. The molecular weight excluding hydrogens is 290 g/mol. The average Bonchev–Trinajstić information content (AvgIpc) is 2.99. The second-order valence-corrected chi connectivity index (χ2v) is 5.37. The summed E-state index contributed by atoms with van der Waals surface area (Å²) in [6.07, 6.45) is 0. The van der Waals surface area contributed by atoms with Crippen molar-refractivity contribution < 1.29 is 4.74 Å². The van der Waals surface area contributed by atoms with Crippen LogP contribution in [0.5, 0.6) is 5.75 Å². The molecule has 0 bridgehead atoms. The Morgan fingerprint density at radius 3 is 2.55 bits per heavy atom. The predicted octanol–water partition coefficient (Wildman–Crippen LogP) is 4.38. The van der Waals surface area contributed by atoms with Crippen molar-refractivity contribution in [3.8, 4) is 5.75 Å². The SMILES string of the molecule is COc1ccc2ccccc2c1[C@@H](N)c1cccs1.Cl. The number of hydrogen-bond acceptors (Lipinski definition) is 3. The van der Waals surface area contributed by atoms with Crippen LogP contribution in [0.4, 0.5) is 0 Å².